The van der Waals surface area contributed by atoms with E-state index in [2.05, 4.69) is 0 Å². The zero-order valence-electron chi connectivity index (χ0n) is 32.3. The second-order valence-corrected chi connectivity index (χ2v) is 22.2. The lowest BCUT2D eigenvalue weighted by atomic mass is 9.91. The third-order valence-corrected chi connectivity index (χ3v) is 15.2. The Balaban J connectivity index is 1.63. The summed E-state index contributed by atoms with van der Waals surface area (Å²) in [6, 6.07) is 16.4. The van der Waals surface area contributed by atoms with Gasteiger partial charge in [0, 0.05) is 5.92 Å². The van der Waals surface area contributed by atoms with Crippen molar-refractivity contribution >= 4 is 66.9 Å². The molecule has 14 nitrogen and oxygen atoms in total. The standard InChI is InChI=1S/C38H48Cl3NO13Si/c1-20-25(26-24(19-47-21(2)48-26)49-34(20)54-36(42)38(39,40)41)52-35-30(51-32(44)23-17-13-10-14-18-23)27(50-31(43)22-15-11-9-12-16-22)28(29(53-35)33(45)46-6)55-56(7,8)37(3,4)5/h9-18,20-21,24-30,34-35,42H,19H2,1-8H3/t20?,21?,24?,25-,26+,27+,28-,29?,30?,34+,35-/m1/s1. The molecule has 56 heavy (non-hydrogen) atoms. The molecule has 0 aliphatic carbocycles. The van der Waals surface area contributed by atoms with Gasteiger partial charge in [-0.05, 0) is 49.3 Å². The Morgan fingerprint density at radius 2 is 1.32 bits per heavy atom. The molecule has 2 aromatic rings. The number of benzene rings is 2. The van der Waals surface area contributed by atoms with Gasteiger partial charge in [0.2, 0.25) is 12.2 Å². The van der Waals surface area contributed by atoms with Crippen molar-refractivity contribution in [1.29, 1.82) is 5.41 Å². The van der Waals surface area contributed by atoms with E-state index in [0.717, 1.165) is 0 Å². The van der Waals surface area contributed by atoms with E-state index in [1.165, 1.54) is 7.11 Å². The van der Waals surface area contributed by atoms with Crippen LogP contribution in [0.3, 0.4) is 0 Å². The Morgan fingerprint density at radius 3 is 1.84 bits per heavy atom. The number of ether oxygens (including phenoxy) is 9. The molecular formula is C38H48Cl3NO13Si. The van der Waals surface area contributed by atoms with Crippen molar-refractivity contribution in [2.75, 3.05) is 13.7 Å². The van der Waals surface area contributed by atoms with Gasteiger partial charge in [-0.2, -0.15) is 0 Å². The van der Waals surface area contributed by atoms with E-state index in [9.17, 15) is 14.4 Å². The summed E-state index contributed by atoms with van der Waals surface area (Å²) in [5.41, 5.74) is 0.364. The van der Waals surface area contributed by atoms with Crippen LogP contribution in [-0.2, 0) is 51.9 Å². The number of rotatable bonds is 10. The van der Waals surface area contributed by atoms with Crippen LogP contribution in [0.25, 0.3) is 0 Å². The molecule has 2 aromatic carbocycles. The molecule has 3 aliphatic heterocycles. The van der Waals surface area contributed by atoms with Crippen molar-refractivity contribution in [3.8, 4) is 0 Å². The number of hydrogen-bond donors (Lipinski definition) is 1. The van der Waals surface area contributed by atoms with Crippen molar-refractivity contribution in [2.45, 2.75) is 118 Å². The largest absolute Gasteiger partial charge is 0.467 e. The van der Waals surface area contributed by atoms with Gasteiger partial charge in [-0.25, -0.2) is 14.4 Å². The predicted molar refractivity (Wildman–Crippen MR) is 206 cm³/mol. The fraction of sp³-hybridized carbons (Fsp3) is 0.579. The minimum atomic E-state index is -2.82. The summed E-state index contributed by atoms with van der Waals surface area (Å²) in [5.74, 6) is -3.96. The number of hydrogen-bond acceptors (Lipinski definition) is 14. The van der Waals surface area contributed by atoms with Gasteiger partial charge in [0.1, 0.15) is 18.3 Å². The van der Waals surface area contributed by atoms with Crippen LogP contribution in [0.4, 0.5) is 0 Å². The van der Waals surface area contributed by atoms with Gasteiger partial charge in [-0.1, -0.05) is 98.9 Å². The van der Waals surface area contributed by atoms with E-state index in [4.69, 9.17) is 87.3 Å². The van der Waals surface area contributed by atoms with Gasteiger partial charge < -0.3 is 47.1 Å². The van der Waals surface area contributed by atoms with Crippen LogP contribution < -0.4 is 0 Å². The highest BCUT2D eigenvalue weighted by Gasteiger charge is 2.59. The minimum Gasteiger partial charge on any atom is -0.467 e. The maximum absolute atomic E-state index is 13.9. The highest BCUT2D eigenvalue weighted by Crippen LogP contribution is 2.43. The number of methoxy groups -OCH3 is 1. The molecule has 3 aliphatic rings. The number of carbonyl (C=O) groups excluding carboxylic acids is 3. The van der Waals surface area contributed by atoms with Crippen molar-refractivity contribution in [2.24, 2.45) is 5.92 Å². The molecule has 5 rings (SSSR count). The summed E-state index contributed by atoms with van der Waals surface area (Å²) < 4.78 is 59.2. The SMILES string of the molecule is COC(=O)C1O[C@@H](O[C@@H]2C(C)[C@H](OC(=N)C(Cl)(Cl)Cl)OC3COC(C)O[C@@H]32)C(OC(=O)c2ccccc2)[C@@H](OC(=O)c2ccccc2)[C@H]1O[Si](C)(C)C(C)(C)C. The highest BCUT2D eigenvalue weighted by atomic mass is 35.6. The number of halogens is 3. The Bertz CT molecular complexity index is 1690. The molecule has 11 atom stereocenters. The topological polar surface area (TPSA) is 167 Å². The van der Waals surface area contributed by atoms with Gasteiger partial charge in [0.05, 0.1) is 30.9 Å². The second kappa shape index (κ2) is 18.0. The van der Waals surface area contributed by atoms with Crippen molar-refractivity contribution in [3.63, 3.8) is 0 Å². The van der Waals surface area contributed by atoms with Crippen LogP contribution in [0.1, 0.15) is 55.3 Å². The predicted octanol–water partition coefficient (Wildman–Crippen LogP) is 6.60. The minimum absolute atomic E-state index is 0.0296. The van der Waals surface area contributed by atoms with Crippen LogP contribution in [0.5, 0.6) is 0 Å². The van der Waals surface area contributed by atoms with Gasteiger partial charge in [0.15, 0.2) is 39.2 Å². The molecule has 0 spiro atoms. The molecule has 0 bridgehead atoms. The molecule has 0 radical (unpaired) electrons. The quantitative estimate of drug-likeness (QED) is 0.0679. The Labute approximate surface area is 342 Å². The summed E-state index contributed by atoms with van der Waals surface area (Å²) >= 11 is 17.8. The highest BCUT2D eigenvalue weighted by molar-refractivity contribution is 6.76. The molecular weight excluding hydrogens is 813 g/mol. The summed E-state index contributed by atoms with van der Waals surface area (Å²) in [6.07, 6.45) is -12.3. The van der Waals surface area contributed by atoms with Crippen LogP contribution >= 0.6 is 34.8 Å². The lowest BCUT2D eigenvalue weighted by molar-refractivity contribution is -0.372. The monoisotopic (exact) mass is 859 g/mol. The van der Waals surface area contributed by atoms with Crippen LogP contribution in [0.2, 0.25) is 18.1 Å². The zero-order chi connectivity index (χ0) is 41.2. The third-order valence-electron chi connectivity index (χ3n) is 10.2. The van der Waals surface area contributed by atoms with Gasteiger partial charge >= 0.3 is 17.9 Å². The number of carbonyl (C=O) groups is 3. The van der Waals surface area contributed by atoms with E-state index in [1.54, 1.807) is 74.5 Å². The summed E-state index contributed by atoms with van der Waals surface area (Å²) in [4.78, 5) is 41.6. The van der Waals surface area contributed by atoms with Crippen LogP contribution in [-0.4, -0.2) is 111 Å². The molecule has 3 fully saturated rings. The number of alkyl halides is 3. The first-order valence-electron chi connectivity index (χ1n) is 18.1. The van der Waals surface area contributed by atoms with E-state index < -0.39 is 108 Å². The van der Waals surface area contributed by atoms with Gasteiger partial charge in [0.25, 0.3) is 3.79 Å². The third kappa shape index (κ3) is 10.2. The summed E-state index contributed by atoms with van der Waals surface area (Å²) in [7, 11) is -1.64. The average molecular weight is 861 g/mol. The van der Waals surface area contributed by atoms with Crippen molar-refractivity contribution in [1.82, 2.24) is 0 Å². The maximum atomic E-state index is 13.9. The molecule has 3 saturated heterocycles. The van der Waals surface area contributed by atoms with E-state index >= 15 is 0 Å². The number of nitrogens with one attached hydrogen (secondary N) is 1. The molecule has 0 amide bonds. The first-order chi connectivity index (χ1) is 26.2. The summed E-state index contributed by atoms with van der Waals surface area (Å²) in [6.45, 7) is 13.3. The summed E-state index contributed by atoms with van der Waals surface area (Å²) in [5, 5.41) is 7.84. The first-order valence-corrected chi connectivity index (χ1v) is 22.1. The first kappa shape index (κ1) is 44.3. The number of esters is 3. The lowest BCUT2D eigenvalue weighted by Gasteiger charge is -2.51. The molecule has 5 unspecified atom stereocenters. The number of fused-ring (bicyclic) bond motifs is 1. The molecule has 0 saturated carbocycles. The maximum Gasteiger partial charge on any atom is 0.338 e. The average Bonchev–Trinajstić information content (AvgIpc) is 3.14. The van der Waals surface area contributed by atoms with Crippen LogP contribution in [0, 0.1) is 11.3 Å². The van der Waals surface area contributed by atoms with E-state index in [1.807, 2.05) is 33.9 Å². The van der Waals surface area contributed by atoms with Crippen molar-refractivity contribution in [3.05, 3.63) is 71.8 Å². The molecule has 18 heteroatoms. The van der Waals surface area contributed by atoms with Crippen molar-refractivity contribution < 1.29 is 61.4 Å². The molecule has 3 heterocycles. The molecule has 308 valence electrons. The Morgan fingerprint density at radius 1 is 0.768 bits per heavy atom. The normalized spacial score (nSPS) is 31.0. The Kier molecular flexibility index (Phi) is 14.2. The molecule has 1 N–H and O–H groups in total. The fourth-order valence-electron chi connectivity index (χ4n) is 6.17. The van der Waals surface area contributed by atoms with Crippen LogP contribution in [0.15, 0.2) is 60.7 Å². The fourth-order valence-corrected chi connectivity index (χ4v) is 7.59. The lowest BCUT2D eigenvalue weighted by Crippen LogP contribution is -2.68. The molecule has 0 aromatic heterocycles. The smallest absolute Gasteiger partial charge is 0.338 e. The second-order valence-electron chi connectivity index (χ2n) is 15.2. The zero-order valence-corrected chi connectivity index (χ0v) is 35.5. The van der Waals surface area contributed by atoms with Gasteiger partial charge in [-0.15, -0.1) is 0 Å². The van der Waals surface area contributed by atoms with Gasteiger partial charge in [-0.3, -0.25) is 5.41 Å². The van der Waals surface area contributed by atoms with E-state index in [-0.39, 0.29) is 17.7 Å². The van der Waals surface area contributed by atoms with E-state index in [0.29, 0.717) is 0 Å². The Hall–Kier alpha value is -2.83.